The molecule has 0 fully saturated rings. The summed E-state index contributed by atoms with van der Waals surface area (Å²) in [5.74, 6) is -0.143. The van der Waals surface area contributed by atoms with Crippen LogP contribution in [-0.4, -0.2) is 13.6 Å². The highest BCUT2D eigenvalue weighted by molar-refractivity contribution is 5.52. The van der Waals surface area contributed by atoms with Crippen molar-refractivity contribution in [3.05, 3.63) is 59.4 Å². The molecule has 0 aromatic heterocycles. The Hall–Kier alpha value is -2.03. The molecule has 19 heavy (non-hydrogen) atoms. The molecule has 2 rings (SSSR count). The molecule has 2 aromatic rings. The first-order valence-electron chi connectivity index (χ1n) is 6.38. The smallest absolute Gasteiger partial charge is 0.126 e. The molecule has 0 aliphatic rings. The Bertz CT molecular complexity index is 549. The van der Waals surface area contributed by atoms with Crippen LogP contribution in [0.25, 0.3) is 0 Å². The van der Waals surface area contributed by atoms with Crippen molar-refractivity contribution in [1.29, 1.82) is 0 Å². The van der Waals surface area contributed by atoms with Gasteiger partial charge in [0.2, 0.25) is 0 Å². The number of aryl methyl sites for hydroxylation is 1. The van der Waals surface area contributed by atoms with Gasteiger partial charge < -0.3 is 10.6 Å². The highest BCUT2D eigenvalue weighted by Crippen LogP contribution is 2.16. The van der Waals surface area contributed by atoms with Crippen LogP contribution in [-0.2, 0) is 6.42 Å². The average Bonchev–Trinajstić information content (AvgIpc) is 2.40. The van der Waals surface area contributed by atoms with Gasteiger partial charge in [-0.15, -0.1) is 0 Å². The maximum Gasteiger partial charge on any atom is 0.126 e. The first-order chi connectivity index (χ1) is 9.06. The van der Waals surface area contributed by atoms with E-state index in [-0.39, 0.29) is 5.82 Å². The van der Waals surface area contributed by atoms with Crippen molar-refractivity contribution in [3.8, 4) is 0 Å². The minimum atomic E-state index is -0.143. The van der Waals surface area contributed by atoms with Gasteiger partial charge in [-0.1, -0.05) is 12.1 Å². The zero-order valence-corrected chi connectivity index (χ0v) is 11.4. The number of benzene rings is 2. The number of nitrogens with zero attached hydrogens (tertiary/aromatic N) is 1. The van der Waals surface area contributed by atoms with Crippen LogP contribution in [0.1, 0.15) is 11.1 Å². The molecular weight excluding hydrogens is 239 g/mol. The van der Waals surface area contributed by atoms with Crippen molar-refractivity contribution in [2.24, 2.45) is 0 Å². The molecule has 0 spiro atoms. The van der Waals surface area contributed by atoms with E-state index in [1.165, 1.54) is 6.07 Å². The fraction of sp³-hybridized carbons (Fsp3) is 0.250. The van der Waals surface area contributed by atoms with Crippen LogP contribution in [0.15, 0.2) is 42.5 Å². The minimum Gasteiger partial charge on any atom is -0.399 e. The molecule has 2 nitrogen and oxygen atoms in total. The predicted molar refractivity (Wildman–Crippen MR) is 79.0 cm³/mol. The van der Waals surface area contributed by atoms with Gasteiger partial charge in [0.05, 0.1) is 0 Å². The number of likely N-dealkylation sites (N-methyl/N-ethyl adjacent to an activating group) is 1. The fourth-order valence-corrected chi connectivity index (χ4v) is 2.02. The SMILES string of the molecule is Cc1cc(CCN(C)c2ccc(N)cc2)ccc1F. The molecule has 2 N–H and O–H groups in total. The molecule has 100 valence electrons. The van der Waals surface area contributed by atoms with Crippen molar-refractivity contribution in [2.45, 2.75) is 13.3 Å². The lowest BCUT2D eigenvalue weighted by Gasteiger charge is -2.19. The van der Waals surface area contributed by atoms with Crippen molar-refractivity contribution < 1.29 is 4.39 Å². The Balaban J connectivity index is 1.98. The predicted octanol–water partition coefficient (Wildman–Crippen LogP) is 3.40. The van der Waals surface area contributed by atoms with Crippen molar-refractivity contribution in [2.75, 3.05) is 24.2 Å². The quantitative estimate of drug-likeness (QED) is 0.852. The number of anilines is 2. The Morgan fingerprint density at radius 1 is 1.11 bits per heavy atom. The van der Waals surface area contributed by atoms with Crippen LogP contribution >= 0.6 is 0 Å². The molecule has 0 saturated carbocycles. The van der Waals surface area contributed by atoms with Gasteiger partial charge >= 0.3 is 0 Å². The Morgan fingerprint density at radius 2 is 1.79 bits per heavy atom. The normalized spacial score (nSPS) is 10.5. The lowest BCUT2D eigenvalue weighted by molar-refractivity contribution is 0.617. The zero-order chi connectivity index (χ0) is 13.8. The summed E-state index contributed by atoms with van der Waals surface area (Å²) in [6, 6.07) is 13.1. The highest BCUT2D eigenvalue weighted by atomic mass is 19.1. The fourth-order valence-electron chi connectivity index (χ4n) is 2.02. The zero-order valence-electron chi connectivity index (χ0n) is 11.4. The molecule has 0 atom stereocenters. The lowest BCUT2D eigenvalue weighted by atomic mass is 10.1. The van der Waals surface area contributed by atoms with Gasteiger partial charge in [-0.05, 0) is 54.8 Å². The lowest BCUT2D eigenvalue weighted by Crippen LogP contribution is -2.20. The first-order valence-corrected chi connectivity index (χ1v) is 6.38. The van der Waals surface area contributed by atoms with E-state index in [1.807, 2.05) is 43.4 Å². The molecule has 2 aromatic carbocycles. The molecular formula is C16H19FN2. The number of nitrogens with two attached hydrogens (primary N) is 1. The largest absolute Gasteiger partial charge is 0.399 e. The highest BCUT2D eigenvalue weighted by Gasteiger charge is 2.03. The van der Waals surface area contributed by atoms with Gasteiger partial charge in [0.25, 0.3) is 0 Å². The van der Waals surface area contributed by atoms with Crippen molar-refractivity contribution in [1.82, 2.24) is 0 Å². The topological polar surface area (TPSA) is 29.3 Å². The Kier molecular flexibility index (Phi) is 4.05. The van der Waals surface area contributed by atoms with Crippen LogP contribution in [0.3, 0.4) is 0 Å². The van der Waals surface area contributed by atoms with E-state index in [2.05, 4.69) is 4.90 Å². The van der Waals surface area contributed by atoms with Gasteiger partial charge in [0.1, 0.15) is 5.82 Å². The molecule has 0 aliphatic carbocycles. The number of halogens is 1. The maximum atomic E-state index is 13.2. The van der Waals surface area contributed by atoms with Crippen molar-refractivity contribution >= 4 is 11.4 Å². The average molecular weight is 258 g/mol. The summed E-state index contributed by atoms with van der Waals surface area (Å²) in [7, 11) is 2.04. The summed E-state index contributed by atoms with van der Waals surface area (Å²) in [6.45, 7) is 2.68. The second-order valence-electron chi connectivity index (χ2n) is 4.85. The van der Waals surface area contributed by atoms with Crippen LogP contribution in [0.2, 0.25) is 0 Å². The molecule has 0 aliphatic heterocycles. The van der Waals surface area contributed by atoms with E-state index in [0.717, 1.165) is 29.9 Å². The molecule has 3 heteroatoms. The van der Waals surface area contributed by atoms with Crippen LogP contribution in [0, 0.1) is 12.7 Å². The van der Waals surface area contributed by atoms with Crippen LogP contribution in [0.4, 0.5) is 15.8 Å². The standard InChI is InChI=1S/C16H19FN2/c1-12-11-13(3-8-16(12)17)9-10-19(2)15-6-4-14(18)5-7-15/h3-8,11H,9-10,18H2,1-2H3. The number of hydrogen-bond acceptors (Lipinski definition) is 2. The number of nitrogen functional groups attached to an aromatic ring is 1. The third-order valence-corrected chi connectivity index (χ3v) is 3.29. The van der Waals surface area contributed by atoms with Crippen LogP contribution in [0.5, 0.6) is 0 Å². The number of hydrogen-bond donors (Lipinski definition) is 1. The molecule has 0 saturated heterocycles. The monoisotopic (exact) mass is 258 g/mol. The second-order valence-corrected chi connectivity index (χ2v) is 4.85. The van der Waals surface area contributed by atoms with Crippen LogP contribution < -0.4 is 10.6 Å². The summed E-state index contributed by atoms with van der Waals surface area (Å²) in [5.41, 5.74) is 9.43. The van der Waals surface area contributed by atoms with E-state index >= 15 is 0 Å². The third-order valence-electron chi connectivity index (χ3n) is 3.29. The van der Waals surface area contributed by atoms with E-state index in [9.17, 15) is 4.39 Å². The summed E-state index contributed by atoms with van der Waals surface area (Å²) in [5, 5.41) is 0. The first kappa shape index (κ1) is 13.4. The second kappa shape index (κ2) is 5.74. The minimum absolute atomic E-state index is 0.143. The third kappa shape index (κ3) is 3.47. The van der Waals surface area contributed by atoms with E-state index in [1.54, 1.807) is 6.92 Å². The summed E-state index contributed by atoms with van der Waals surface area (Å²) in [6.07, 6.45) is 0.891. The van der Waals surface area contributed by atoms with Gasteiger partial charge in [0, 0.05) is 25.0 Å². The van der Waals surface area contributed by atoms with Crippen molar-refractivity contribution in [3.63, 3.8) is 0 Å². The molecule has 0 radical (unpaired) electrons. The Morgan fingerprint density at radius 3 is 2.42 bits per heavy atom. The molecule has 0 bridgehead atoms. The summed E-state index contributed by atoms with van der Waals surface area (Å²) in [4.78, 5) is 2.16. The summed E-state index contributed by atoms with van der Waals surface area (Å²) < 4.78 is 13.2. The Labute approximate surface area is 113 Å². The van der Waals surface area contributed by atoms with Gasteiger partial charge in [-0.25, -0.2) is 4.39 Å². The molecule has 0 unspecified atom stereocenters. The van der Waals surface area contributed by atoms with Gasteiger partial charge in [-0.2, -0.15) is 0 Å². The van der Waals surface area contributed by atoms with Gasteiger partial charge in [-0.3, -0.25) is 0 Å². The maximum absolute atomic E-state index is 13.2. The van der Waals surface area contributed by atoms with E-state index in [4.69, 9.17) is 5.73 Å². The van der Waals surface area contributed by atoms with E-state index < -0.39 is 0 Å². The van der Waals surface area contributed by atoms with Gasteiger partial charge in [0.15, 0.2) is 0 Å². The molecule has 0 heterocycles. The molecule has 0 amide bonds. The summed E-state index contributed by atoms with van der Waals surface area (Å²) >= 11 is 0. The number of rotatable bonds is 4. The van der Waals surface area contributed by atoms with E-state index in [0.29, 0.717) is 5.56 Å².